The molecule has 0 spiro atoms. The Balaban J connectivity index is 1.69. The molecule has 7 nitrogen and oxygen atoms in total. The second-order valence-corrected chi connectivity index (χ2v) is 8.50. The Morgan fingerprint density at radius 2 is 1.78 bits per heavy atom. The van der Waals surface area contributed by atoms with Crippen molar-refractivity contribution in [1.29, 1.82) is 0 Å². The van der Waals surface area contributed by atoms with Crippen LogP contribution in [0.15, 0.2) is 53.4 Å². The molecule has 1 fully saturated rings. The summed E-state index contributed by atoms with van der Waals surface area (Å²) in [5, 5.41) is 14.5. The van der Waals surface area contributed by atoms with Gasteiger partial charge < -0.3 is 5.32 Å². The quantitative estimate of drug-likeness (QED) is 0.424. The van der Waals surface area contributed by atoms with Crippen LogP contribution >= 0.6 is 0 Å². The van der Waals surface area contributed by atoms with Crippen molar-refractivity contribution < 1.29 is 13.3 Å². The van der Waals surface area contributed by atoms with Crippen molar-refractivity contribution in [2.75, 3.05) is 25.0 Å². The van der Waals surface area contributed by atoms with Gasteiger partial charge in [0.05, 0.1) is 9.82 Å². The van der Waals surface area contributed by atoms with Gasteiger partial charge in [-0.2, -0.15) is 4.31 Å². The first-order valence-corrected chi connectivity index (χ1v) is 10.5. The van der Waals surface area contributed by atoms with Crippen LogP contribution in [0.3, 0.4) is 0 Å². The highest BCUT2D eigenvalue weighted by atomic mass is 32.2. The zero-order valence-electron chi connectivity index (χ0n) is 15.0. The normalized spacial score (nSPS) is 15.0. The van der Waals surface area contributed by atoms with Gasteiger partial charge in [-0.25, -0.2) is 8.42 Å². The molecule has 1 saturated heterocycles. The molecule has 0 aromatic heterocycles. The van der Waals surface area contributed by atoms with E-state index in [-0.39, 0.29) is 10.6 Å². The first kappa shape index (κ1) is 19.3. The molecular formula is C19H23N3O4S. The highest BCUT2D eigenvalue weighted by Gasteiger charge is 2.29. The van der Waals surface area contributed by atoms with Gasteiger partial charge in [-0.3, -0.25) is 10.1 Å². The van der Waals surface area contributed by atoms with Gasteiger partial charge in [0.2, 0.25) is 10.0 Å². The van der Waals surface area contributed by atoms with Crippen LogP contribution in [0, 0.1) is 10.1 Å². The van der Waals surface area contributed by atoms with E-state index in [0.717, 1.165) is 31.7 Å². The number of nitro benzene ring substituents is 1. The minimum atomic E-state index is -3.67. The molecule has 1 heterocycles. The topological polar surface area (TPSA) is 92.5 Å². The number of nitrogens with one attached hydrogen (secondary N) is 1. The molecule has 8 heteroatoms. The van der Waals surface area contributed by atoms with Crippen LogP contribution in [-0.2, 0) is 16.4 Å². The van der Waals surface area contributed by atoms with Crippen LogP contribution in [0.5, 0.6) is 0 Å². The fourth-order valence-corrected chi connectivity index (χ4v) is 4.75. The van der Waals surface area contributed by atoms with Gasteiger partial charge in [-0.15, -0.1) is 0 Å². The Bertz CT molecular complexity index is 894. The van der Waals surface area contributed by atoms with E-state index in [1.807, 2.05) is 30.3 Å². The lowest BCUT2D eigenvalue weighted by Gasteiger charge is -2.16. The van der Waals surface area contributed by atoms with Crippen LogP contribution < -0.4 is 5.32 Å². The van der Waals surface area contributed by atoms with E-state index in [4.69, 9.17) is 0 Å². The molecule has 27 heavy (non-hydrogen) atoms. The molecule has 0 bridgehead atoms. The number of sulfonamides is 1. The van der Waals surface area contributed by atoms with Crippen LogP contribution in [0.2, 0.25) is 0 Å². The summed E-state index contributed by atoms with van der Waals surface area (Å²) in [5.74, 6) is 0. The molecule has 0 aliphatic carbocycles. The first-order valence-electron chi connectivity index (χ1n) is 9.05. The maximum absolute atomic E-state index is 12.6. The molecule has 0 unspecified atom stereocenters. The van der Waals surface area contributed by atoms with Crippen molar-refractivity contribution in [3.63, 3.8) is 0 Å². The van der Waals surface area contributed by atoms with Crippen LogP contribution in [0.1, 0.15) is 24.8 Å². The number of anilines is 1. The lowest BCUT2D eigenvalue weighted by molar-refractivity contribution is -0.384. The zero-order valence-corrected chi connectivity index (χ0v) is 15.8. The van der Waals surface area contributed by atoms with Crippen molar-refractivity contribution in [1.82, 2.24) is 4.31 Å². The Morgan fingerprint density at radius 3 is 2.44 bits per heavy atom. The van der Waals surface area contributed by atoms with E-state index < -0.39 is 14.9 Å². The summed E-state index contributed by atoms with van der Waals surface area (Å²) in [6.07, 6.45) is 3.32. The number of aryl methyl sites for hydroxylation is 1. The number of hydrogen-bond donors (Lipinski definition) is 1. The van der Waals surface area contributed by atoms with Crippen molar-refractivity contribution in [3.05, 3.63) is 64.2 Å². The molecule has 1 aliphatic heterocycles. The molecule has 0 amide bonds. The fraction of sp³-hybridized carbons (Fsp3) is 0.368. The predicted octanol–water partition coefficient (Wildman–Crippen LogP) is 3.42. The standard InChI is InChI=1S/C19H23N3O4S/c23-22(24)19-15-17(27(25,26)21-13-4-5-14-21)10-11-18(19)20-12-6-9-16-7-2-1-3-8-16/h1-3,7-8,10-11,15,20H,4-6,9,12-14H2. The average Bonchev–Trinajstić information content (AvgIpc) is 3.21. The first-order chi connectivity index (χ1) is 13.0. The van der Waals surface area contributed by atoms with Gasteiger partial charge in [0, 0.05) is 25.7 Å². The van der Waals surface area contributed by atoms with Crippen LogP contribution in [0.4, 0.5) is 11.4 Å². The maximum atomic E-state index is 12.6. The van der Waals surface area contributed by atoms with E-state index in [0.29, 0.717) is 25.3 Å². The molecule has 2 aromatic carbocycles. The summed E-state index contributed by atoms with van der Waals surface area (Å²) >= 11 is 0. The van der Waals surface area contributed by atoms with Crippen LogP contribution in [-0.4, -0.2) is 37.3 Å². The zero-order chi connectivity index (χ0) is 19.3. The Kier molecular flexibility index (Phi) is 6.08. The summed E-state index contributed by atoms with van der Waals surface area (Å²) in [7, 11) is -3.67. The minimum Gasteiger partial charge on any atom is -0.379 e. The number of nitro groups is 1. The third kappa shape index (κ3) is 4.64. The number of nitrogens with zero attached hydrogens (tertiary/aromatic N) is 2. The number of benzene rings is 2. The second kappa shape index (κ2) is 8.49. The molecule has 0 saturated carbocycles. The largest absolute Gasteiger partial charge is 0.379 e. The average molecular weight is 389 g/mol. The van der Waals surface area contributed by atoms with Gasteiger partial charge >= 0.3 is 0 Å². The van der Waals surface area contributed by atoms with E-state index in [9.17, 15) is 18.5 Å². The number of hydrogen-bond acceptors (Lipinski definition) is 5. The van der Waals surface area contributed by atoms with Gasteiger partial charge in [0.15, 0.2) is 0 Å². The van der Waals surface area contributed by atoms with Crippen LogP contribution in [0.25, 0.3) is 0 Å². The molecule has 2 aromatic rings. The lowest BCUT2D eigenvalue weighted by Crippen LogP contribution is -2.27. The Morgan fingerprint density at radius 1 is 1.07 bits per heavy atom. The molecule has 1 N–H and O–H groups in total. The van der Waals surface area contributed by atoms with Gasteiger partial charge in [-0.05, 0) is 43.4 Å². The summed E-state index contributed by atoms with van der Waals surface area (Å²) in [6.45, 7) is 1.50. The van der Waals surface area contributed by atoms with Gasteiger partial charge in [-0.1, -0.05) is 30.3 Å². The smallest absolute Gasteiger partial charge is 0.293 e. The highest BCUT2D eigenvalue weighted by Crippen LogP contribution is 2.30. The third-order valence-electron chi connectivity index (χ3n) is 4.67. The third-order valence-corrected chi connectivity index (χ3v) is 6.56. The SMILES string of the molecule is O=[N+]([O-])c1cc(S(=O)(=O)N2CCCC2)ccc1NCCCc1ccccc1. The summed E-state index contributed by atoms with van der Waals surface area (Å²) in [5.41, 5.74) is 1.34. The molecule has 0 radical (unpaired) electrons. The van der Waals surface area contributed by atoms with Crippen molar-refractivity contribution >= 4 is 21.4 Å². The van der Waals surface area contributed by atoms with E-state index in [2.05, 4.69) is 5.32 Å². The van der Waals surface area contributed by atoms with Gasteiger partial charge in [0.1, 0.15) is 5.69 Å². The van der Waals surface area contributed by atoms with E-state index >= 15 is 0 Å². The molecular weight excluding hydrogens is 366 g/mol. The monoisotopic (exact) mass is 389 g/mol. The highest BCUT2D eigenvalue weighted by molar-refractivity contribution is 7.89. The maximum Gasteiger partial charge on any atom is 0.293 e. The molecule has 3 rings (SSSR count). The summed E-state index contributed by atoms with van der Waals surface area (Å²) in [6, 6.07) is 14.1. The molecule has 1 aliphatic rings. The fourth-order valence-electron chi connectivity index (χ4n) is 3.21. The molecule has 0 atom stereocenters. The Labute approximate surface area is 159 Å². The predicted molar refractivity (Wildman–Crippen MR) is 104 cm³/mol. The van der Waals surface area contributed by atoms with E-state index in [1.54, 1.807) is 0 Å². The van der Waals surface area contributed by atoms with Crippen molar-refractivity contribution in [2.24, 2.45) is 0 Å². The molecule has 144 valence electrons. The minimum absolute atomic E-state index is 0.0223. The summed E-state index contributed by atoms with van der Waals surface area (Å²) in [4.78, 5) is 10.9. The second-order valence-electron chi connectivity index (χ2n) is 6.56. The van der Waals surface area contributed by atoms with Crippen molar-refractivity contribution in [2.45, 2.75) is 30.6 Å². The van der Waals surface area contributed by atoms with Crippen molar-refractivity contribution in [3.8, 4) is 0 Å². The van der Waals surface area contributed by atoms with E-state index in [1.165, 1.54) is 22.0 Å². The Hall–Kier alpha value is -2.45. The number of rotatable bonds is 8. The lowest BCUT2D eigenvalue weighted by atomic mass is 10.1. The van der Waals surface area contributed by atoms with Gasteiger partial charge in [0.25, 0.3) is 5.69 Å². The summed E-state index contributed by atoms with van der Waals surface area (Å²) < 4.78 is 26.6.